The van der Waals surface area contributed by atoms with E-state index in [1.165, 1.54) is 12.1 Å². The number of aromatic nitrogens is 4. The molecule has 0 atom stereocenters. The summed E-state index contributed by atoms with van der Waals surface area (Å²) in [7, 11) is 0. The van der Waals surface area contributed by atoms with Crippen LogP contribution in [0.3, 0.4) is 0 Å². The summed E-state index contributed by atoms with van der Waals surface area (Å²) < 4.78 is 14.5. The molecule has 0 saturated carbocycles. The SMILES string of the molecule is Cc1nnc2ccc(NCCc3ccc(F)cc3)nn12. The van der Waals surface area contributed by atoms with Gasteiger partial charge >= 0.3 is 0 Å². The molecule has 20 heavy (non-hydrogen) atoms. The van der Waals surface area contributed by atoms with Gasteiger partial charge in [0.15, 0.2) is 11.5 Å². The van der Waals surface area contributed by atoms with Crippen molar-refractivity contribution in [3.05, 3.63) is 53.6 Å². The molecule has 2 heterocycles. The van der Waals surface area contributed by atoms with Gasteiger partial charge in [-0.25, -0.2) is 4.39 Å². The lowest BCUT2D eigenvalue weighted by atomic mass is 10.1. The van der Waals surface area contributed by atoms with E-state index in [1.807, 2.05) is 19.1 Å². The Hall–Kier alpha value is -2.50. The molecule has 3 rings (SSSR count). The van der Waals surface area contributed by atoms with E-state index in [9.17, 15) is 4.39 Å². The topological polar surface area (TPSA) is 55.1 Å². The van der Waals surface area contributed by atoms with Gasteiger partial charge in [0.1, 0.15) is 11.6 Å². The molecule has 0 radical (unpaired) electrons. The van der Waals surface area contributed by atoms with Gasteiger partial charge in [0.2, 0.25) is 0 Å². The van der Waals surface area contributed by atoms with Gasteiger partial charge in [-0.05, 0) is 43.2 Å². The summed E-state index contributed by atoms with van der Waals surface area (Å²) in [5.41, 5.74) is 1.81. The molecule has 1 N–H and O–H groups in total. The van der Waals surface area contributed by atoms with Gasteiger partial charge in [-0.1, -0.05) is 12.1 Å². The van der Waals surface area contributed by atoms with Crippen LogP contribution in [0, 0.1) is 12.7 Å². The van der Waals surface area contributed by atoms with Crippen LogP contribution in [0.2, 0.25) is 0 Å². The van der Waals surface area contributed by atoms with Gasteiger partial charge in [-0.2, -0.15) is 4.52 Å². The van der Waals surface area contributed by atoms with Crippen molar-refractivity contribution in [1.29, 1.82) is 0 Å². The first-order valence-electron chi connectivity index (χ1n) is 6.40. The molecular formula is C14H14FN5. The number of benzene rings is 1. The second-order valence-electron chi connectivity index (χ2n) is 4.54. The standard InChI is InChI=1S/C14H14FN5/c1-10-17-18-14-7-6-13(19-20(10)14)16-9-8-11-2-4-12(15)5-3-11/h2-7H,8-9H2,1H3,(H,16,19). The van der Waals surface area contributed by atoms with Gasteiger partial charge in [0.25, 0.3) is 0 Å². The van der Waals surface area contributed by atoms with Crippen molar-refractivity contribution in [1.82, 2.24) is 19.8 Å². The van der Waals surface area contributed by atoms with E-state index in [2.05, 4.69) is 20.6 Å². The number of halogens is 1. The minimum Gasteiger partial charge on any atom is -0.368 e. The zero-order valence-corrected chi connectivity index (χ0v) is 11.0. The molecule has 0 bridgehead atoms. The molecule has 5 nitrogen and oxygen atoms in total. The van der Waals surface area contributed by atoms with Crippen molar-refractivity contribution in [2.24, 2.45) is 0 Å². The van der Waals surface area contributed by atoms with Crippen LogP contribution in [0.5, 0.6) is 0 Å². The van der Waals surface area contributed by atoms with Crippen LogP contribution >= 0.6 is 0 Å². The normalized spacial score (nSPS) is 10.9. The largest absolute Gasteiger partial charge is 0.368 e. The van der Waals surface area contributed by atoms with Gasteiger partial charge < -0.3 is 5.32 Å². The predicted octanol–water partition coefficient (Wildman–Crippen LogP) is 2.23. The predicted molar refractivity (Wildman–Crippen MR) is 74.1 cm³/mol. The molecule has 0 unspecified atom stereocenters. The van der Waals surface area contributed by atoms with Crippen LogP contribution in [0.1, 0.15) is 11.4 Å². The summed E-state index contributed by atoms with van der Waals surface area (Å²) in [5.74, 6) is 1.31. The highest BCUT2D eigenvalue weighted by Gasteiger charge is 2.03. The van der Waals surface area contributed by atoms with Gasteiger partial charge in [0.05, 0.1) is 0 Å². The molecule has 0 aliphatic heterocycles. The van der Waals surface area contributed by atoms with Crippen LogP contribution in [-0.2, 0) is 6.42 Å². The number of aryl methyl sites for hydroxylation is 1. The van der Waals surface area contributed by atoms with Crippen molar-refractivity contribution < 1.29 is 4.39 Å². The Balaban J connectivity index is 1.64. The lowest BCUT2D eigenvalue weighted by Crippen LogP contribution is -2.08. The quantitative estimate of drug-likeness (QED) is 0.790. The molecule has 102 valence electrons. The number of hydrogen-bond acceptors (Lipinski definition) is 4. The fourth-order valence-corrected chi connectivity index (χ4v) is 1.98. The third-order valence-electron chi connectivity index (χ3n) is 3.05. The maximum atomic E-state index is 12.8. The second-order valence-corrected chi connectivity index (χ2v) is 4.54. The zero-order chi connectivity index (χ0) is 13.9. The summed E-state index contributed by atoms with van der Waals surface area (Å²) >= 11 is 0. The summed E-state index contributed by atoms with van der Waals surface area (Å²) in [4.78, 5) is 0. The number of rotatable bonds is 4. The molecule has 3 aromatic rings. The molecule has 0 fully saturated rings. The first-order valence-corrected chi connectivity index (χ1v) is 6.40. The van der Waals surface area contributed by atoms with E-state index in [0.29, 0.717) is 0 Å². The van der Waals surface area contributed by atoms with Gasteiger partial charge in [-0.3, -0.25) is 0 Å². The molecule has 0 amide bonds. The van der Waals surface area contributed by atoms with Crippen molar-refractivity contribution in [3.8, 4) is 0 Å². The van der Waals surface area contributed by atoms with Crippen molar-refractivity contribution in [2.75, 3.05) is 11.9 Å². The van der Waals surface area contributed by atoms with Crippen LogP contribution in [-0.4, -0.2) is 26.4 Å². The smallest absolute Gasteiger partial charge is 0.178 e. The van der Waals surface area contributed by atoms with E-state index in [1.54, 1.807) is 16.6 Å². The Morgan fingerprint density at radius 2 is 1.90 bits per heavy atom. The lowest BCUT2D eigenvalue weighted by molar-refractivity contribution is 0.627. The van der Waals surface area contributed by atoms with Crippen LogP contribution in [0.15, 0.2) is 36.4 Å². The molecule has 6 heteroatoms. The maximum Gasteiger partial charge on any atom is 0.178 e. The Kier molecular flexibility index (Phi) is 3.28. The van der Waals surface area contributed by atoms with Crippen molar-refractivity contribution >= 4 is 11.5 Å². The van der Waals surface area contributed by atoms with Gasteiger partial charge in [0, 0.05) is 6.54 Å². The molecule has 0 spiro atoms. The summed E-state index contributed by atoms with van der Waals surface area (Å²) in [6, 6.07) is 10.3. The van der Waals surface area contributed by atoms with Crippen molar-refractivity contribution in [3.63, 3.8) is 0 Å². The Morgan fingerprint density at radius 1 is 1.10 bits per heavy atom. The monoisotopic (exact) mass is 271 g/mol. The van der Waals surface area contributed by atoms with Gasteiger partial charge in [-0.15, -0.1) is 15.3 Å². The highest BCUT2D eigenvalue weighted by atomic mass is 19.1. The number of fused-ring (bicyclic) bond motifs is 1. The third-order valence-corrected chi connectivity index (χ3v) is 3.05. The molecule has 2 aromatic heterocycles. The summed E-state index contributed by atoms with van der Waals surface area (Å²) in [6.07, 6.45) is 0.807. The number of nitrogens with one attached hydrogen (secondary N) is 1. The molecule has 0 aliphatic rings. The van der Waals surface area contributed by atoms with Crippen LogP contribution in [0.4, 0.5) is 10.2 Å². The number of hydrogen-bond donors (Lipinski definition) is 1. The van der Waals surface area contributed by atoms with E-state index in [0.717, 1.165) is 35.8 Å². The third kappa shape index (κ3) is 2.59. The Labute approximate surface area is 115 Å². The minimum atomic E-state index is -0.211. The highest BCUT2D eigenvalue weighted by Crippen LogP contribution is 2.08. The zero-order valence-electron chi connectivity index (χ0n) is 11.0. The highest BCUT2D eigenvalue weighted by molar-refractivity contribution is 5.43. The van der Waals surface area contributed by atoms with Crippen molar-refractivity contribution in [2.45, 2.75) is 13.3 Å². The second kappa shape index (κ2) is 5.24. The lowest BCUT2D eigenvalue weighted by Gasteiger charge is -2.06. The molecule has 1 aromatic carbocycles. The maximum absolute atomic E-state index is 12.8. The Morgan fingerprint density at radius 3 is 2.70 bits per heavy atom. The average molecular weight is 271 g/mol. The average Bonchev–Trinajstić information content (AvgIpc) is 2.83. The van der Waals surface area contributed by atoms with E-state index < -0.39 is 0 Å². The van der Waals surface area contributed by atoms with E-state index in [-0.39, 0.29) is 5.82 Å². The first-order chi connectivity index (χ1) is 9.72. The fourth-order valence-electron chi connectivity index (χ4n) is 1.98. The molecule has 0 aliphatic carbocycles. The first kappa shape index (κ1) is 12.5. The summed E-state index contributed by atoms with van der Waals surface area (Å²) in [5, 5.41) is 15.6. The minimum absolute atomic E-state index is 0.211. The molecular weight excluding hydrogens is 257 g/mol. The summed E-state index contributed by atoms with van der Waals surface area (Å²) in [6.45, 7) is 2.58. The van der Waals surface area contributed by atoms with E-state index >= 15 is 0 Å². The Bertz CT molecular complexity index is 720. The van der Waals surface area contributed by atoms with Crippen LogP contribution in [0.25, 0.3) is 5.65 Å². The fraction of sp³-hybridized carbons (Fsp3) is 0.214. The number of nitrogens with zero attached hydrogens (tertiary/aromatic N) is 4. The number of anilines is 1. The van der Waals surface area contributed by atoms with E-state index in [4.69, 9.17) is 0 Å². The van der Waals surface area contributed by atoms with Crippen LogP contribution < -0.4 is 5.32 Å². The molecule has 0 saturated heterocycles.